The zero-order valence-electron chi connectivity index (χ0n) is 9.04. The minimum absolute atomic E-state index is 0.604. The molecule has 2 N–H and O–H groups in total. The number of hydrogen-bond donors (Lipinski definition) is 1. The Morgan fingerprint density at radius 3 is 2.76 bits per heavy atom. The Kier molecular flexibility index (Phi) is 4.20. The van der Waals surface area contributed by atoms with Crippen LogP contribution in [-0.4, -0.2) is 4.98 Å². The number of nitrogens with two attached hydrogens (primary N) is 1. The van der Waals surface area contributed by atoms with Crippen LogP contribution in [0.3, 0.4) is 0 Å². The first-order chi connectivity index (χ1) is 8.06. The van der Waals surface area contributed by atoms with Crippen LogP contribution in [0.4, 0.5) is 5.13 Å². The lowest BCUT2D eigenvalue weighted by atomic mass is 10.2. The molecule has 0 aliphatic carbocycles. The topological polar surface area (TPSA) is 38.9 Å². The van der Waals surface area contributed by atoms with E-state index >= 15 is 0 Å². The number of nitrogen functional groups attached to an aromatic ring is 1. The monoisotopic (exact) mass is 304 g/mol. The zero-order chi connectivity index (χ0) is 12.4. The van der Waals surface area contributed by atoms with Gasteiger partial charge in [-0.25, -0.2) is 4.98 Å². The van der Waals surface area contributed by atoms with E-state index in [0.29, 0.717) is 15.2 Å². The summed E-state index contributed by atoms with van der Waals surface area (Å²) in [7, 11) is 0. The highest BCUT2D eigenvalue weighted by molar-refractivity contribution is 8.00. The molecule has 0 aliphatic rings. The van der Waals surface area contributed by atoms with Gasteiger partial charge in [-0.15, -0.1) is 11.8 Å². The number of thiazole rings is 1. The van der Waals surface area contributed by atoms with Gasteiger partial charge in [0.15, 0.2) is 5.13 Å². The minimum atomic E-state index is 0.604. The Morgan fingerprint density at radius 2 is 2.18 bits per heavy atom. The second-order valence-electron chi connectivity index (χ2n) is 3.45. The number of benzene rings is 1. The molecule has 0 aliphatic heterocycles. The average molecular weight is 305 g/mol. The molecule has 0 fully saturated rings. The van der Waals surface area contributed by atoms with Crippen LogP contribution in [0.2, 0.25) is 10.0 Å². The van der Waals surface area contributed by atoms with Crippen LogP contribution in [0.25, 0.3) is 0 Å². The molecule has 0 saturated carbocycles. The van der Waals surface area contributed by atoms with E-state index < -0.39 is 0 Å². The number of halogens is 2. The number of thioether (sulfide) groups is 1. The molecule has 2 rings (SSSR count). The smallest absolute Gasteiger partial charge is 0.181 e. The van der Waals surface area contributed by atoms with Gasteiger partial charge in [0.25, 0.3) is 0 Å². The number of aromatic nitrogens is 1. The number of hydrogen-bond acceptors (Lipinski definition) is 4. The molecule has 6 heteroatoms. The number of rotatable bonds is 3. The largest absolute Gasteiger partial charge is 0.375 e. The fraction of sp³-hybridized carbons (Fsp3) is 0.182. The first-order valence-electron chi connectivity index (χ1n) is 4.86. The van der Waals surface area contributed by atoms with Gasteiger partial charge in [-0.05, 0) is 24.6 Å². The van der Waals surface area contributed by atoms with E-state index in [0.717, 1.165) is 21.2 Å². The number of nitrogens with zero attached hydrogens (tertiary/aromatic N) is 1. The highest BCUT2D eigenvalue weighted by Crippen LogP contribution is 2.34. The fourth-order valence-electron chi connectivity index (χ4n) is 1.32. The summed E-state index contributed by atoms with van der Waals surface area (Å²) in [6.45, 7) is 1.96. The lowest BCUT2D eigenvalue weighted by Crippen LogP contribution is -1.83. The van der Waals surface area contributed by atoms with E-state index in [1.165, 1.54) is 11.3 Å². The van der Waals surface area contributed by atoms with Crippen LogP contribution in [0.1, 0.15) is 11.3 Å². The van der Waals surface area contributed by atoms with Gasteiger partial charge in [0, 0.05) is 15.8 Å². The van der Waals surface area contributed by atoms with Crippen LogP contribution in [-0.2, 0) is 5.75 Å². The summed E-state index contributed by atoms with van der Waals surface area (Å²) in [6.07, 6.45) is 0. The van der Waals surface area contributed by atoms with E-state index in [9.17, 15) is 0 Å². The van der Waals surface area contributed by atoms with E-state index in [1.54, 1.807) is 17.8 Å². The van der Waals surface area contributed by atoms with Crippen LogP contribution >= 0.6 is 46.3 Å². The van der Waals surface area contributed by atoms with Crippen LogP contribution in [0, 0.1) is 6.92 Å². The van der Waals surface area contributed by atoms with Crippen molar-refractivity contribution in [2.75, 3.05) is 5.73 Å². The molecule has 2 nitrogen and oxygen atoms in total. The molecule has 17 heavy (non-hydrogen) atoms. The maximum absolute atomic E-state index is 6.11. The van der Waals surface area contributed by atoms with Gasteiger partial charge < -0.3 is 5.73 Å². The van der Waals surface area contributed by atoms with E-state index in [1.807, 2.05) is 19.1 Å². The Balaban J connectivity index is 2.10. The van der Waals surface area contributed by atoms with Crippen LogP contribution in [0.5, 0.6) is 0 Å². The Hall–Kier alpha value is -0.420. The Labute approximate surface area is 118 Å². The van der Waals surface area contributed by atoms with Crippen molar-refractivity contribution < 1.29 is 0 Å². The minimum Gasteiger partial charge on any atom is -0.375 e. The Bertz CT molecular complexity index is 540. The molecular formula is C11H10Cl2N2S2. The van der Waals surface area contributed by atoms with Gasteiger partial charge in [-0.1, -0.05) is 40.6 Å². The van der Waals surface area contributed by atoms with E-state index in [-0.39, 0.29) is 0 Å². The van der Waals surface area contributed by atoms with Crippen molar-refractivity contribution in [3.8, 4) is 0 Å². The second kappa shape index (κ2) is 5.48. The normalized spacial score (nSPS) is 10.8. The van der Waals surface area contributed by atoms with Crippen molar-refractivity contribution in [1.82, 2.24) is 4.98 Å². The number of aryl methyl sites for hydroxylation is 1. The first-order valence-corrected chi connectivity index (χ1v) is 7.41. The molecular weight excluding hydrogens is 295 g/mol. The van der Waals surface area contributed by atoms with Gasteiger partial charge in [-0.3, -0.25) is 0 Å². The maximum Gasteiger partial charge on any atom is 0.181 e. The van der Waals surface area contributed by atoms with Gasteiger partial charge in [0.1, 0.15) is 0 Å². The quantitative estimate of drug-likeness (QED) is 0.840. The molecule has 2 aromatic rings. The summed E-state index contributed by atoms with van der Waals surface area (Å²) < 4.78 is 1.13. The van der Waals surface area contributed by atoms with Crippen molar-refractivity contribution in [2.24, 2.45) is 0 Å². The molecule has 1 aromatic heterocycles. The second-order valence-corrected chi connectivity index (χ2v) is 6.57. The molecule has 0 saturated heterocycles. The third-order valence-electron chi connectivity index (χ3n) is 2.14. The summed E-state index contributed by atoms with van der Waals surface area (Å²) in [5.41, 5.74) is 7.69. The summed E-state index contributed by atoms with van der Waals surface area (Å²) >= 11 is 15.1. The zero-order valence-corrected chi connectivity index (χ0v) is 12.2. The maximum atomic E-state index is 6.11. The van der Waals surface area contributed by atoms with Gasteiger partial charge in [0.2, 0.25) is 0 Å². The predicted molar refractivity (Wildman–Crippen MR) is 77.3 cm³/mol. The molecule has 0 bridgehead atoms. The molecule has 0 unspecified atom stereocenters. The average Bonchev–Trinajstić information content (AvgIpc) is 2.56. The van der Waals surface area contributed by atoms with Gasteiger partial charge in [0.05, 0.1) is 9.90 Å². The standard InChI is InChI=1S/C11H10Cl2N2S2/c1-6-10(17-11(14)15-6)16-5-7-2-3-8(12)4-9(7)13/h2-4H,5H2,1H3,(H2,14,15). The van der Waals surface area contributed by atoms with Crippen molar-refractivity contribution >= 4 is 51.4 Å². The lowest BCUT2D eigenvalue weighted by molar-refractivity contribution is 1.21. The molecule has 90 valence electrons. The van der Waals surface area contributed by atoms with Crippen molar-refractivity contribution in [3.05, 3.63) is 39.5 Å². The highest BCUT2D eigenvalue weighted by Gasteiger charge is 2.08. The molecule has 0 spiro atoms. The van der Waals surface area contributed by atoms with Crippen molar-refractivity contribution in [2.45, 2.75) is 16.9 Å². The Morgan fingerprint density at radius 1 is 1.41 bits per heavy atom. The van der Waals surface area contributed by atoms with E-state index in [4.69, 9.17) is 28.9 Å². The summed E-state index contributed by atoms with van der Waals surface area (Å²) in [5.74, 6) is 0.790. The number of anilines is 1. The molecule has 0 radical (unpaired) electrons. The summed E-state index contributed by atoms with van der Waals surface area (Å²) in [4.78, 5) is 4.18. The van der Waals surface area contributed by atoms with Crippen molar-refractivity contribution in [1.29, 1.82) is 0 Å². The molecule has 0 atom stereocenters. The SMILES string of the molecule is Cc1nc(N)sc1SCc1ccc(Cl)cc1Cl. The molecule has 1 heterocycles. The first kappa shape index (κ1) is 13.0. The van der Waals surface area contributed by atoms with Gasteiger partial charge in [-0.2, -0.15) is 0 Å². The summed E-state index contributed by atoms with van der Waals surface area (Å²) in [5, 5.41) is 1.95. The highest BCUT2D eigenvalue weighted by atomic mass is 35.5. The molecule has 1 aromatic carbocycles. The summed E-state index contributed by atoms with van der Waals surface area (Å²) in [6, 6.07) is 5.54. The third kappa shape index (κ3) is 3.28. The van der Waals surface area contributed by atoms with Crippen LogP contribution in [0.15, 0.2) is 22.4 Å². The predicted octanol–water partition coefficient (Wildman–Crippen LogP) is 4.63. The van der Waals surface area contributed by atoms with Gasteiger partial charge >= 0.3 is 0 Å². The van der Waals surface area contributed by atoms with Crippen LogP contribution < -0.4 is 5.73 Å². The lowest BCUT2D eigenvalue weighted by Gasteiger charge is -2.03. The van der Waals surface area contributed by atoms with E-state index in [2.05, 4.69) is 4.98 Å². The van der Waals surface area contributed by atoms with Crippen molar-refractivity contribution in [3.63, 3.8) is 0 Å². The third-order valence-corrected chi connectivity index (χ3v) is 5.13. The molecule has 0 amide bonds. The fourth-order valence-corrected chi connectivity index (χ4v) is 3.90.